The van der Waals surface area contributed by atoms with Crippen molar-refractivity contribution < 1.29 is 9.53 Å². The zero-order valence-corrected chi connectivity index (χ0v) is 12.1. The average molecular weight is 295 g/mol. The summed E-state index contributed by atoms with van der Waals surface area (Å²) in [5.74, 6) is 0.481. The third kappa shape index (κ3) is 2.91. The van der Waals surface area contributed by atoms with Crippen molar-refractivity contribution in [2.24, 2.45) is 5.92 Å². The molecule has 4 nitrogen and oxygen atoms in total. The molecule has 0 aliphatic carbocycles. The molecule has 2 atom stereocenters. The largest absolute Gasteiger partial charge is 0.378 e. The molecule has 2 aliphatic heterocycles. The van der Waals surface area contributed by atoms with Crippen molar-refractivity contribution in [1.29, 1.82) is 0 Å². The normalized spacial score (nSPS) is 25.9. The lowest BCUT2D eigenvalue weighted by molar-refractivity contribution is -0.0578. The number of nitrogens with one attached hydrogen (secondary N) is 1. The van der Waals surface area contributed by atoms with E-state index in [-0.39, 0.29) is 6.03 Å². The number of likely N-dealkylation sites (tertiary alicyclic amines) is 1. The fraction of sp³-hybridized carbons (Fsp3) is 0.533. The highest BCUT2D eigenvalue weighted by atomic mass is 35.5. The number of amides is 2. The van der Waals surface area contributed by atoms with Gasteiger partial charge in [-0.3, -0.25) is 0 Å². The number of halogens is 1. The Hall–Kier alpha value is -1.26. The molecule has 3 rings (SSSR count). The lowest BCUT2D eigenvalue weighted by Crippen LogP contribution is -2.49. The number of fused-ring (bicyclic) bond motifs is 1. The van der Waals surface area contributed by atoms with Gasteiger partial charge in [0.2, 0.25) is 0 Å². The van der Waals surface area contributed by atoms with E-state index in [1.165, 1.54) is 0 Å². The summed E-state index contributed by atoms with van der Waals surface area (Å²) in [5.41, 5.74) is 0.668. The highest BCUT2D eigenvalue weighted by Gasteiger charge is 2.33. The Morgan fingerprint density at radius 2 is 2.20 bits per heavy atom. The molecule has 0 spiro atoms. The van der Waals surface area contributed by atoms with Crippen molar-refractivity contribution in [3.63, 3.8) is 0 Å². The van der Waals surface area contributed by atoms with Gasteiger partial charge < -0.3 is 15.0 Å². The van der Waals surface area contributed by atoms with Gasteiger partial charge in [0, 0.05) is 25.6 Å². The Morgan fingerprint density at radius 3 is 3.05 bits per heavy atom. The number of hydrogen-bond donors (Lipinski definition) is 1. The monoisotopic (exact) mass is 294 g/mol. The molecule has 108 valence electrons. The summed E-state index contributed by atoms with van der Waals surface area (Å²) in [4.78, 5) is 14.2. The molecular weight excluding hydrogens is 276 g/mol. The lowest BCUT2D eigenvalue weighted by Gasteiger charge is -2.40. The van der Waals surface area contributed by atoms with Gasteiger partial charge in [-0.15, -0.1) is 0 Å². The molecule has 2 aliphatic rings. The Labute approximate surface area is 124 Å². The van der Waals surface area contributed by atoms with Crippen LogP contribution in [0.3, 0.4) is 0 Å². The molecule has 2 fully saturated rings. The van der Waals surface area contributed by atoms with E-state index in [9.17, 15) is 4.79 Å². The second-order valence-electron chi connectivity index (χ2n) is 5.46. The molecule has 5 heteroatoms. The summed E-state index contributed by atoms with van der Waals surface area (Å²) in [6.45, 7) is 2.39. The number of benzene rings is 1. The van der Waals surface area contributed by atoms with Crippen LogP contribution in [0.15, 0.2) is 24.3 Å². The Bertz CT molecular complexity index is 495. The number of para-hydroxylation sites is 1. The number of carbonyl (C=O) groups excluding carboxylic acids is 1. The van der Waals surface area contributed by atoms with Gasteiger partial charge in [-0.05, 0) is 31.4 Å². The van der Waals surface area contributed by atoms with Gasteiger partial charge in [-0.25, -0.2) is 4.79 Å². The quantitative estimate of drug-likeness (QED) is 0.863. The predicted molar refractivity (Wildman–Crippen MR) is 79.1 cm³/mol. The highest BCUT2D eigenvalue weighted by Crippen LogP contribution is 2.29. The van der Waals surface area contributed by atoms with E-state index in [2.05, 4.69) is 5.32 Å². The standard InChI is InChI=1S/C15H19ClN2O2/c16-12-5-1-2-6-13(12)17-15(19)18-8-7-14-11(10-18)4-3-9-20-14/h1-2,5-6,11,14H,3-4,7-10H2,(H,17,19)/t11-,14+/m1/s1. The van der Waals surface area contributed by atoms with Crippen LogP contribution in [0, 0.1) is 5.92 Å². The first-order valence-corrected chi connectivity index (χ1v) is 7.54. The van der Waals surface area contributed by atoms with Gasteiger partial charge in [-0.1, -0.05) is 23.7 Å². The van der Waals surface area contributed by atoms with E-state index >= 15 is 0 Å². The van der Waals surface area contributed by atoms with Crippen molar-refractivity contribution in [1.82, 2.24) is 4.90 Å². The Kier molecular flexibility index (Phi) is 4.13. The average Bonchev–Trinajstić information content (AvgIpc) is 2.49. The maximum atomic E-state index is 12.3. The molecule has 2 saturated heterocycles. The minimum atomic E-state index is -0.0675. The first kappa shape index (κ1) is 13.7. The summed E-state index contributed by atoms with van der Waals surface area (Å²) >= 11 is 6.06. The number of piperidine rings is 1. The highest BCUT2D eigenvalue weighted by molar-refractivity contribution is 6.33. The molecular formula is C15H19ClN2O2. The lowest BCUT2D eigenvalue weighted by atomic mass is 9.89. The number of rotatable bonds is 1. The smallest absolute Gasteiger partial charge is 0.321 e. The minimum Gasteiger partial charge on any atom is -0.378 e. The van der Waals surface area contributed by atoms with E-state index in [4.69, 9.17) is 16.3 Å². The Balaban J connectivity index is 1.62. The van der Waals surface area contributed by atoms with Crippen LogP contribution in [0.25, 0.3) is 0 Å². The van der Waals surface area contributed by atoms with Crippen LogP contribution in [0.1, 0.15) is 19.3 Å². The molecule has 20 heavy (non-hydrogen) atoms. The van der Waals surface area contributed by atoms with Gasteiger partial charge in [0.1, 0.15) is 0 Å². The van der Waals surface area contributed by atoms with Crippen molar-refractivity contribution >= 4 is 23.3 Å². The third-order valence-electron chi connectivity index (χ3n) is 4.12. The summed E-state index contributed by atoms with van der Waals surface area (Å²) in [5, 5.41) is 3.46. The summed E-state index contributed by atoms with van der Waals surface area (Å²) in [7, 11) is 0. The van der Waals surface area contributed by atoms with Crippen LogP contribution in [-0.4, -0.2) is 36.7 Å². The minimum absolute atomic E-state index is 0.0675. The van der Waals surface area contributed by atoms with Gasteiger partial charge in [0.15, 0.2) is 0 Å². The van der Waals surface area contributed by atoms with E-state index in [0.717, 1.165) is 39.0 Å². The van der Waals surface area contributed by atoms with E-state index < -0.39 is 0 Å². The van der Waals surface area contributed by atoms with Crippen LogP contribution in [-0.2, 0) is 4.74 Å². The van der Waals surface area contributed by atoms with Crippen molar-refractivity contribution in [2.45, 2.75) is 25.4 Å². The zero-order chi connectivity index (χ0) is 13.9. The van der Waals surface area contributed by atoms with Crippen LogP contribution in [0.4, 0.5) is 10.5 Å². The van der Waals surface area contributed by atoms with Crippen LogP contribution in [0.5, 0.6) is 0 Å². The van der Waals surface area contributed by atoms with Crippen LogP contribution < -0.4 is 5.32 Å². The summed E-state index contributed by atoms with van der Waals surface area (Å²) < 4.78 is 5.77. The maximum Gasteiger partial charge on any atom is 0.321 e. The molecule has 2 heterocycles. The van der Waals surface area contributed by atoms with Gasteiger partial charge in [0.05, 0.1) is 16.8 Å². The first-order chi connectivity index (χ1) is 9.74. The van der Waals surface area contributed by atoms with Gasteiger partial charge in [0.25, 0.3) is 0 Å². The fourth-order valence-electron chi connectivity index (χ4n) is 3.03. The number of anilines is 1. The number of ether oxygens (including phenoxy) is 1. The molecule has 0 bridgehead atoms. The number of hydrogen-bond acceptors (Lipinski definition) is 2. The fourth-order valence-corrected chi connectivity index (χ4v) is 3.21. The summed E-state index contributed by atoms with van der Waals surface area (Å²) in [6.07, 6.45) is 3.52. The third-order valence-corrected chi connectivity index (χ3v) is 4.45. The molecule has 0 unspecified atom stereocenters. The Morgan fingerprint density at radius 1 is 1.35 bits per heavy atom. The van der Waals surface area contributed by atoms with Crippen molar-refractivity contribution in [2.75, 3.05) is 25.0 Å². The second kappa shape index (κ2) is 6.02. The zero-order valence-electron chi connectivity index (χ0n) is 11.3. The SMILES string of the molecule is O=C(Nc1ccccc1Cl)N1CC[C@@H]2OCCC[C@@H]2C1. The maximum absolute atomic E-state index is 12.3. The number of urea groups is 1. The number of carbonyl (C=O) groups is 1. The first-order valence-electron chi connectivity index (χ1n) is 7.16. The van der Waals surface area contributed by atoms with Crippen molar-refractivity contribution in [3.8, 4) is 0 Å². The van der Waals surface area contributed by atoms with E-state index in [1.54, 1.807) is 6.07 Å². The predicted octanol–water partition coefficient (Wildman–Crippen LogP) is 3.37. The molecule has 1 aromatic rings. The molecule has 1 N–H and O–H groups in total. The number of nitrogens with zero attached hydrogens (tertiary/aromatic N) is 1. The molecule has 0 saturated carbocycles. The van der Waals surface area contributed by atoms with E-state index in [1.807, 2.05) is 23.1 Å². The molecule has 1 aromatic carbocycles. The van der Waals surface area contributed by atoms with Gasteiger partial charge >= 0.3 is 6.03 Å². The summed E-state index contributed by atoms with van der Waals surface area (Å²) in [6, 6.07) is 7.24. The second-order valence-corrected chi connectivity index (χ2v) is 5.86. The van der Waals surface area contributed by atoms with E-state index in [0.29, 0.717) is 22.7 Å². The van der Waals surface area contributed by atoms with Crippen LogP contribution >= 0.6 is 11.6 Å². The molecule has 0 aromatic heterocycles. The molecule has 0 radical (unpaired) electrons. The molecule has 2 amide bonds. The van der Waals surface area contributed by atoms with Crippen LogP contribution in [0.2, 0.25) is 5.02 Å². The van der Waals surface area contributed by atoms with Crippen molar-refractivity contribution in [3.05, 3.63) is 29.3 Å². The topological polar surface area (TPSA) is 41.6 Å². The van der Waals surface area contributed by atoms with Gasteiger partial charge in [-0.2, -0.15) is 0 Å².